The molecule has 0 atom stereocenters. The standard InChI is InChI=1S/C18H13F5N2O4/c1-2-28-17(27)15(16(26)14-12(19)4-3-5-13(14)20)25-24-10-6-8-11(9-7-10)29-18(21,22)23/h3-9,26H,2H2,1H3. The van der Waals surface area contributed by atoms with Crippen molar-refractivity contribution in [2.24, 2.45) is 10.2 Å². The van der Waals surface area contributed by atoms with Gasteiger partial charge in [0.25, 0.3) is 0 Å². The molecule has 0 radical (unpaired) electrons. The maximum atomic E-state index is 13.9. The fourth-order valence-corrected chi connectivity index (χ4v) is 2.05. The van der Waals surface area contributed by atoms with Crippen molar-refractivity contribution < 1.29 is 41.3 Å². The minimum absolute atomic E-state index is 0.0388. The molecule has 0 heterocycles. The lowest BCUT2D eigenvalue weighted by Crippen LogP contribution is -2.16. The molecule has 0 unspecified atom stereocenters. The van der Waals surface area contributed by atoms with E-state index in [-0.39, 0.29) is 12.3 Å². The highest BCUT2D eigenvalue weighted by Crippen LogP contribution is 2.27. The van der Waals surface area contributed by atoms with Crippen LogP contribution in [0, 0.1) is 11.6 Å². The van der Waals surface area contributed by atoms with Crippen LogP contribution in [0.1, 0.15) is 12.5 Å². The molecule has 2 rings (SSSR count). The Labute approximate surface area is 160 Å². The molecule has 11 heteroatoms. The van der Waals surface area contributed by atoms with Gasteiger partial charge in [0.1, 0.15) is 17.4 Å². The maximum Gasteiger partial charge on any atom is 0.573 e. The first-order valence-electron chi connectivity index (χ1n) is 7.94. The van der Waals surface area contributed by atoms with Crippen LogP contribution in [0.25, 0.3) is 5.76 Å². The van der Waals surface area contributed by atoms with Crippen molar-refractivity contribution in [3.8, 4) is 5.75 Å². The molecule has 0 spiro atoms. The molecule has 2 aromatic carbocycles. The van der Waals surface area contributed by atoms with Gasteiger partial charge >= 0.3 is 12.3 Å². The van der Waals surface area contributed by atoms with E-state index in [4.69, 9.17) is 0 Å². The Bertz CT molecular complexity index is 920. The normalized spacial score (nSPS) is 12.6. The van der Waals surface area contributed by atoms with Crippen LogP contribution in [-0.2, 0) is 9.53 Å². The second kappa shape index (κ2) is 9.13. The second-order valence-electron chi connectivity index (χ2n) is 5.26. The number of alkyl halides is 3. The lowest BCUT2D eigenvalue weighted by atomic mass is 10.1. The molecule has 6 nitrogen and oxygen atoms in total. The number of carbonyl (C=O) groups is 1. The number of ether oxygens (including phenoxy) is 2. The first-order chi connectivity index (χ1) is 13.6. The van der Waals surface area contributed by atoms with Gasteiger partial charge in [-0.2, -0.15) is 5.11 Å². The van der Waals surface area contributed by atoms with Crippen LogP contribution in [0.5, 0.6) is 5.75 Å². The fraction of sp³-hybridized carbons (Fsp3) is 0.167. The number of rotatable bonds is 6. The SMILES string of the molecule is CCOC(=O)C(N=Nc1ccc(OC(F)(F)F)cc1)=C(O)c1c(F)cccc1F. The molecule has 0 aliphatic heterocycles. The predicted octanol–water partition coefficient (Wildman–Crippen LogP) is 5.44. The van der Waals surface area contributed by atoms with Crippen LogP contribution in [-0.4, -0.2) is 24.0 Å². The van der Waals surface area contributed by atoms with Gasteiger partial charge in [0.05, 0.1) is 17.9 Å². The first-order valence-corrected chi connectivity index (χ1v) is 7.94. The van der Waals surface area contributed by atoms with Crippen LogP contribution < -0.4 is 4.74 Å². The van der Waals surface area contributed by atoms with Crippen LogP contribution in [0.2, 0.25) is 0 Å². The largest absolute Gasteiger partial charge is 0.573 e. The zero-order valence-corrected chi connectivity index (χ0v) is 14.7. The van der Waals surface area contributed by atoms with Crippen LogP contribution in [0.15, 0.2) is 58.4 Å². The summed E-state index contributed by atoms with van der Waals surface area (Å²) in [5, 5.41) is 17.2. The third-order valence-electron chi connectivity index (χ3n) is 3.23. The van der Waals surface area contributed by atoms with Crippen molar-refractivity contribution >= 4 is 17.4 Å². The summed E-state index contributed by atoms with van der Waals surface area (Å²) in [5.41, 5.74) is -1.85. The lowest BCUT2D eigenvalue weighted by molar-refractivity contribution is -0.274. The molecule has 154 valence electrons. The van der Waals surface area contributed by atoms with E-state index in [1.807, 2.05) is 0 Å². The van der Waals surface area contributed by atoms with Gasteiger partial charge in [-0.25, -0.2) is 13.6 Å². The summed E-state index contributed by atoms with van der Waals surface area (Å²) < 4.78 is 72.6. The number of aliphatic hydroxyl groups excluding tert-OH is 1. The molecule has 0 aliphatic rings. The minimum atomic E-state index is -4.88. The van der Waals surface area contributed by atoms with E-state index in [9.17, 15) is 31.9 Å². The maximum absolute atomic E-state index is 13.9. The Morgan fingerprint density at radius 2 is 1.66 bits per heavy atom. The molecular weight excluding hydrogens is 403 g/mol. The number of halogens is 5. The highest BCUT2D eigenvalue weighted by molar-refractivity contribution is 5.95. The summed E-state index contributed by atoms with van der Waals surface area (Å²) in [7, 11) is 0. The molecule has 1 N–H and O–H groups in total. The third-order valence-corrected chi connectivity index (χ3v) is 3.23. The van der Waals surface area contributed by atoms with Gasteiger partial charge in [-0.05, 0) is 43.3 Å². The summed E-state index contributed by atoms with van der Waals surface area (Å²) in [4.78, 5) is 12.0. The number of hydrogen-bond donors (Lipinski definition) is 1. The van der Waals surface area contributed by atoms with Crippen LogP contribution in [0.3, 0.4) is 0 Å². The molecule has 0 saturated heterocycles. The van der Waals surface area contributed by atoms with Gasteiger partial charge in [-0.1, -0.05) is 6.07 Å². The molecular formula is C18H13F5N2O4. The van der Waals surface area contributed by atoms with Gasteiger partial charge in [0, 0.05) is 0 Å². The van der Waals surface area contributed by atoms with Gasteiger partial charge in [-0.15, -0.1) is 18.3 Å². The molecule has 0 aliphatic carbocycles. The van der Waals surface area contributed by atoms with Crippen molar-refractivity contribution in [2.45, 2.75) is 13.3 Å². The van der Waals surface area contributed by atoms with Gasteiger partial charge < -0.3 is 14.6 Å². The zero-order valence-electron chi connectivity index (χ0n) is 14.7. The van der Waals surface area contributed by atoms with E-state index in [1.165, 1.54) is 6.92 Å². The van der Waals surface area contributed by atoms with E-state index in [0.29, 0.717) is 0 Å². The molecule has 0 amide bonds. The zero-order chi connectivity index (χ0) is 21.6. The highest BCUT2D eigenvalue weighted by Gasteiger charge is 2.31. The quantitative estimate of drug-likeness (QED) is 0.224. The van der Waals surface area contributed by atoms with Crippen molar-refractivity contribution in [1.82, 2.24) is 0 Å². The number of benzene rings is 2. The lowest BCUT2D eigenvalue weighted by Gasteiger charge is -2.08. The van der Waals surface area contributed by atoms with Crippen molar-refractivity contribution in [3.63, 3.8) is 0 Å². The number of esters is 1. The number of azo groups is 1. The van der Waals surface area contributed by atoms with Crippen LogP contribution >= 0.6 is 0 Å². The second-order valence-corrected chi connectivity index (χ2v) is 5.26. The molecule has 0 aromatic heterocycles. The van der Waals surface area contributed by atoms with Crippen molar-refractivity contribution in [3.05, 3.63) is 65.4 Å². The minimum Gasteiger partial charge on any atom is -0.505 e. The van der Waals surface area contributed by atoms with E-state index < -0.39 is 46.7 Å². The smallest absolute Gasteiger partial charge is 0.505 e. The number of hydrogen-bond acceptors (Lipinski definition) is 6. The molecule has 2 aromatic rings. The first kappa shape index (κ1) is 21.8. The number of carbonyl (C=O) groups excluding carboxylic acids is 1. The van der Waals surface area contributed by atoms with Crippen molar-refractivity contribution in [2.75, 3.05) is 6.61 Å². The van der Waals surface area contributed by atoms with E-state index >= 15 is 0 Å². The van der Waals surface area contributed by atoms with Gasteiger partial charge in [0.2, 0.25) is 5.70 Å². The average molecular weight is 416 g/mol. The number of aliphatic hydroxyl groups is 1. The molecule has 0 bridgehead atoms. The summed E-state index contributed by atoms with van der Waals surface area (Å²) >= 11 is 0. The monoisotopic (exact) mass is 416 g/mol. The van der Waals surface area contributed by atoms with E-state index in [2.05, 4.69) is 19.7 Å². The van der Waals surface area contributed by atoms with Gasteiger partial charge in [-0.3, -0.25) is 0 Å². The molecule has 0 fully saturated rings. The highest BCUT2D eigenvalue weighted by atomic mass is 19.4. The average Bonchev–Trinajstić information content (AvgIpc) is 2.62. The van der Waals surface area contributed by atoms with Crippen molar-refractivity contribution in [1.29, 1.82) is 0 Å². The number of nitrogens with zero attached hydrogens (tertiary/aromatic N) is 2. The van der Waals surface area contributed by atoms with E-state index in [0.717, 1.165) is 42.5 Å². The fourth-order valence-electron chi connectivity index (χ4n) is 2.05. The molecule has 0 saturated carbocycles. The summed E-state index contributed by atoms with van der Waals surface area (Å²) in [6.07, 6.45) is -4.88. The Morgan fingerprint density at radius 3 is 2.17 bits per heavy atom. The van der Waals surface area contributed by atoms with E-state index in [1.54, 1.807) is 0 Å². The predicted molar refractivity (Wildman–Crippen MR) is 90.2 cm³/mol. The summed E-state index contributed by atoms with van der Waals surface area (Å²) in [5.74, 6) is -5.21. The molecule has 29 heavy (non-hydrogen) atoms. The Morgan fingerprint density at radius 1 is 1.07 bits per heavy atom. The third kappa shape index (κ3) is 5.99. The Kier molecular flexibility index (Phi) is 6.86. The summed E-state index contributed by atoms with van der Waals surface area (Å²) in [6, 6.07) is 6.79. The van der Waals surface area contributed by atoms with Gasteiger partial charge in [0.15, 0.2) is 5.76 Å². The topological polar surface area (TPSA) is 80.5 Å². The van der Waals surface area contributed by atoms with Crippen LogP contribution in [0.4, 0.5) is 27.6 Å². The Balaban J connectivity index is 2.40. The summed E-state index contributed by atoms with van der Waals surface area (Å²) in [6.45, 7) is 1.32. The Hall–Kier alpha value is -3.50.